The van der Waals surface area contributed by atoms with Gasteiger partial charge in [0.05, 0.1) is 12.1 Å². The minimum atomic E-state index is -3.65. The Bertz CT molecular complexity index is 630. The molecule has 0 unspecified atom stereocenters. The highest BCUT2D eigenvalue weighted by atomic mass is 32.2. The maximum absolute atomic E-state index is 12.2. The van der Waals surface area contributed by atoms with E-state index >= 15 is 0 Å². The van der Waals surface area contributed by atoms with Gasteiger partial charge in [0.1, 0.15) is 4.90 Å². The fourth-order valence-electron chi connectivity index (χ4n) is 1.58. The molecule has 1 heterocycles. The fraction of sp³-hybridized carbons (Fsp3) is 0.500. The number of nitrogens with two attached hydrogens (primary N) is 1. The summed E-state index contributed by atoms with van der Waals surface area (Å²) in [6, 6.07) is 1.46. The van der Waals surface area contributed by atoms with Crippen LogP contribution in [0.25, 0.3) is 0 Å². The monoisotopic (exact) mass is 311 g/mol. The SMILES string of the molecule is CCOC(C)(C)CNS(=O)(=O)c1cncc(C#CCN)c1. The van der Waals surface area contributed by atoms with Gasteiger partial charge >= 0.3 is 0 Å². The average Bonchev–Trinajstić information content (AvgIpc) is 2.44. The molecule has 0 amide bonds. The van der Waals surface area contributed by atoms with Crippen LogP contribution in [0.4, 0.5) is 0 Å². The zero-order valence-corrected chi connectivity index (χ0v) is 13.3. The Morgan fingerprint density at radius 1 is 1.43 bits per heavy atom. The highest BCUT2D eigenvalue weighted by Gasteiger charge is 2.22. The van der Waals surface area contributed by atoms with Gasteiger partial charge in [0.15, 0.2) is 0 Å². The second-order valence-corrected chi connectivity index (χ2v) is 6.70. The molecule has 0 saturated heterocycles. The minimum Gasteiger partial charge on any atom is -0.375 e. The average molecular weight is 311 g/mol. The number of aromatic nitrogens is 1. The third kappa shape index (κ3) is 5.81. The summed E-state index contributed by atoms with van der Waals surface area (Å²) in [5.41, 5.74) is 5.22. The Morgan fingerprint density at radius 3 is 2.76 bits per heavy atom. The molecule has 0 spiro atoms. The van der Waals surface area contributed by atoms with E-state index in [9.17, 15) is 8.42 Å². The van der Waals surface area contributed by atoms with Crippen molar-refractivity contribution in [1.29, 1.82) is 0 Å². The molecule has 0 aliphatic carbocycles. The first-order chi connectivity index (χ1) is 9.80. The number of pyridine rings is 1. The molecule has 3 N–H and O–H groups in total. The molecule has 0 atom stereocenters. The van der Waals surface area contributed by atoms with E-state index in [2.05, 4.69) is 21.5 Å². The van der Waals surface area contributed by atoms with Crippen LogP contribution in [0.1, 0.15) is 26.3 Å². The topological polar surface area (TPSA) is 94.3 Å². The van der Waals surface area contributed by atoms with Gasteiger partial charge in [0.25, 0.3) is 0 Å². The van der Waals surface area contributed by atoms with E-state index in [0.29, 0.717) is 12.2 Å². The van der Waals surface area contributed by atoms with Crippen molar-refractivity contribution in [3.63, 3.8) is 0 Å². The normalized spacial score (nSPS) is 11.8. The summed E-state index contributed by atoms with van der Waals surface area (Å²) in [5.74, 6) is 5.41. The predicted octanol–water partition coefficient (Wildman–Crippen LogP) is 0.485. The molecular weight excluding hydrogens is 290 g/mol. The van der Waals surface area contributed by atoms with Gasteiger partial charge in [-0.25, -0.2) is 13.1 Å². The van der Waals surface area contributed by atoms with Gasteiger partial charge in [-0.15, -0.1) is 0 Å². The van der Waals surface area contributed by atoms with Gasteiger partial charge in [-0.3, -0.25) is 4.98 Å². The number of hydrogen-bond donors (Lipinski definition) is 2. The van der Waals surface area contributed by atoms with E-state index < -0.39 is 15.6 Å². The van der Waals surface area contributed by atoms with Crippen LogP contribution in [0.3, 0.4) is 0 Å². The van der Waals surface area contributed by atoms with Gasteiger partial charge in [0.2, 0.25) is 10.0 Å². The summed E-state index contributed by atoms with van der Waals surface area (Å²) >= 11 is 0. The van der Waals surface area contributed by atoms with Gasteiger partial charge in [-0.2, -0.15) is 0 Å². The lowest BCUT2D eigenvalue weighted by Gasteiger charge is -2.24. The Hall–Kier alpha value is -1.46. The molecule has 0 radical (unpaired) electrons. The third-order valence-electron chi connectivity index (χ3n) is 2.58. The van der Waals surface area contributed by atoms with Gasteiger partial charge in [-0.05, 0) is 26.8 Å². The highest BCUT2D eigenvalue weighted by molar-refractivity contribution is 7.89. The van der Waals surface area contributed by atoms with Crippen molar-refractivity contribution in [3.05, 3.63) is 24.0 Å². The quantitative estimate of drug-likeness (QED) is 0.745. The van der Waals surface area contributed by atoms with Crippen molar-refractivity contribution in [2.24, 2.45) is 5.73 Å². The highest BCUT2D eigenvalue weighted by Crippen LogP contribution is 2.12. The number of nitrogens with one attached hydrogen (secondary N) is 1. The van der Waals surface area contributed by atoms with E-state index in [-0.39, 0.29) is 18.0 Å². The van der Waals surface area contributed by atoms with Gasteiger partial charge in [0, 0.05) is 31.1 Å². The molecule has 21 heavy (non-hydrogen) atoms. The summed E-state index contributed by atoms with van der Waals surface area (Å²) in [4.78, 5) is 3.96. The first-order valence-corrected chi connectivity index (χ1v) is 8.06. The molecule has 0 aliphatic rings. The summed E-state index contributed by atoms with van der Waals surface area (Å²) < 4.78 is 32.4. The molecule has 1 aromatic heterocycles. The first-order valence-electron chi connectivity index (χ1n) is 6.58. The summed E-state index contributed by atoms with van der Waals surface area (Å²) in [5, 5.41) is 0. The number of ether oxygens (including phenoxy) is 1. The Balaban J connectivity index is 2.88. The minimum absolute atomic E-state index is 0.0682. The van der Waals surface area contributed by atoms with Crippen LogP contribution in [-0.2, 0) is 14.8 Å². The summed E-state index contributed by atoms with van der Waals surface area (Å²) in [6.45, 7) is 6.39. The van der Waals surface area contributed by atoms with Gasteiger partial charge in [-0.1, -0.05) is 11.8 Å². The second-order valence-electron chi connectivity index (χ2n) is 4.93. The lowest BCUT2D eigenvalue weighted by molar-refractivity contribution is -0.00515. The van der Waals surface area contributed by atoms with E-state index in [1.807, 2.05) is 20.8 Å². The molecule has 0 fully saturated rings. The van der Waals surface area contributed by atoms with Crippen LogP contribution < -0.4 is 10.5 Å². The third-order valence-corrected chi connectivity index (χ3v) is 3.95. The van der Waals surface area contributed by atoms with Crippen molar-refractivity contribution < 1.29 is 13.2 Å². The maximum atomic E-state index is 12.2. The molecule has 0 aromatic carbocycles. The molecule has 0 saturated carbocycles. The van der Waals surface area contributed by atoms with Crippen molar-refractivity contribution in [3.8, 4) is 11.8 Å². The smallest absolute Gasteiger partial charge is 0.242 e. The van der Waals surface area contributed by atoms with Crippen molar-refractivity contribution >= 4 is 10.0 Å². The van der Waals surface area contributed by atoms with Crippen LogP contribution in [0.2, 0.25) is 0 Å². The molecule has 1 aromatic rings. The molecule has 7 heteroatoms. The number of sulfonamides is 1. The zero-order chi connectivity index (χ0) is 15.9. The summed E-state index contributed by atoms with van der Waals surface area (Å²) in [7, 11) is -3.65. The number of hydrogen-bond acceptors (Lipinski definition) is 5. The van der Waals surface area contributed by atoms with E-state index in [1.165, 1.54) is 18.5 Å². The zero-order valence-electron chi connectivity index (χ0n) is 12.5. The van der Waals surface area contributed by atoms with Crippen molar-refractivity contribution in [2.45, 2.75) is 31.3 Å². The fourth-order valence-corrected chi connectivity index (χ4v) is 2.77. The van der Waals surface area contributed by atoms with Crippen LogP contribution in [-0.4, -0.2) is 38.7 Å². The number of nitrogens with zero attached hydrogens (tertiary/aromatic N) is 1. The number of rotatable bonds is 6. The Labute approximate surface area is 126 Å². The van der Waals surface area contributed by atoms with E-state index in [4.69, 9.17) is 10.5 Å². The largest absolute Gasteiger partial charge is 0.375 e. The van der Waals surface area contributed by atoms with E-state index in [0.717, 1.165) is 0 Å². The first kappa shape index (κ1) is 17.6. The van der Waals surface area contributed by atoms with Crippen molar-refractivity contribution in [1.82, 2.24) is 9.71 Å². The van der Waals surface area contributed by atoms with Crippen LogP contribution in [0.5, 0.6) is 0 Å². The second kappa shape index (κ2) is 7.52. The van der Waals surface area contributed by atoms with Crippen LogP contribution in [0, 0.1) is 11.8 Å². The standard InChI is InChI=1S/C14H21N3O3S/c1-4-20-14(2,3)11-17-21(18,19)13-8-12(6-5-7-15)9-16-10-13/h8-10,17H,4,7,11,15H2,1-3H3. The van der Waals surface area contributed by atoms with E-state index in [1.54, 1.807) is 0 Å². The molecule has 0 aliphatic heterocycles. The summed E-state index contributed by atoms with van der Waals surface area (Å²) in [6.07, 6.45) is 2.77. The lowest BCUT2D eigenvalue weighted by Crippen LogP contribution is -2.40. The Kier molecular flexibility index (Phi) is 6.30. The molecule has 1 rings (SSSR count). The van der Waals surface area contributed by atoms with Crippen LogP contribution >= 0.6 is 0 Å². The maximum Gasteiger partial charge on any atom is 0.242 e. The molecule has 116 valence electrons. The molecular formula is C14H21N3O3S. The molecule has 0 bridgehead atoms. The van der Waals surface area contributed by atoms with Gasteiger partial charge < -0.3 is 10.5 Å². The van der Waals surface area contributed by atoms with Crippen LogP contribution in [0.15, 0.2) is 23.4 Å². The molecule has 6 nitrogen and oxygen atoms in total. The van der Waals surface area contributed by atoms with Crippen molar-refractivity contribution in [2.75, 3.05) is 19.7 Å². The lowest BCUT2D eigenvalue weighted by atomic mass is 10.1. The Morgan fingerprint density at radius 2 is 2.14 bits per heavy atom. The predicted molar refractivity (Wildman–Crippen MR) is 81.1 cm³/mol.